The summed E-state index contributed by atoms with van der Waals surface area (Å²) in [6.45, 7) is 6.57. The number of unbranched alkanes of at least 4 members (excludes halogenated alkanes) is 33. The van der Waals surface area contributed by atoms with E-state index in [0.29, 0.717) is 19.3 Å². The van der Waals surface area contributed by atoms with Gasteiger partial charge in [0.2, 0.25) is 0 Å². The molecule has 0 aromatic rings. The van der Waals surface area contributed by atoms with E-state index >= 15 is 0 Å². The van der Waals surface area contributed by atoms with Gasteiger partial charge in [-0.3, -0.25) is 14.4 Å². The highest BCUT2D eigenvalue weighted by Gasteiger charge is 2.19. The van der Waals surface area contributed by atoms with Crippen LogP contribution >= 0.6 is 0 Å². The largest absolute Gasteiger partial charge is 0.462 e. The molecule has 6 heteroatoms. The second-order valence-corrected chi connectivity index (χ2v) is 21.3. The van der Waals surface area contributed by atoms with Crippen molar-refractivity contribution in [1.29, 1.82) is 0 Å². The topological polar surface area (TPSA) is 78.9 Å². The minimum Gasteiger partial charge on any atom is -0.462 e. The van der Waals surface area contributed by atoms with Gasteiger partial charge in [-0.05, 0) is 116 Å². The van der Waals surface area contributed by atoms with Gasteiger partial charge in [0.25, 0.3) is 0 Å². The number of rotatable bonds is 58. The molecule has 432 valence electrons. The van der Waals surface area contributed by atoms with Crippen LogP contribution in [0.25, 0.3) is 0 Å². The predicted molar refractivity (Wildman–Crippen MR) is 325 cm³/mol. The van der Waals surface area contributed by atoms with Gasteiger partial charge >= 0.3 is 17.9 Å². The Morgan fingerprint density at radius 2 is 0.493 bits per heavy atom. The minimum atomic E-state index is -0.809. The number of carbonyl (C=O) groups is 3. The van der Waals surface area contributed by atoms with Crippen molar-refractivity contribution in [2.24, 2.45) is 0 Å². The Labute approximate surface area is 465 Å². The molecule has 0 heterocycles. The zero-order valence-electron chi connectivity index (χ0n) is 49.6. The molecule has 0 N–H and O–H groups in total. The fraction of sp³-hybridized carbons (Fsp3) is 0.754. The molecule has 0 radical (unpaired) electrons. The Morgan fingerprint density at radius 3 is 0.827 bits per heavy atom. The summed E-state index contributed by atoms with van der Waals surface area (Å²) < 4.78 is 16.9. The fourth-order valence-corrected chi connectivity index (χ4v) is 8.99. The molecule has 0 fully saturated rings. The molecule has 0 saturated heterocycles. The van der Waals surface area contributed by atoms with Crippen LogP contribution in [0.3, 0.4) is 0 Å². The highest BCUT2D eigenvalue weighted by molar-refractivity contribution is 5.71. The molecule has 0 aliphatic carbocycles. The molecule has 0 saturated carbocycles. The van der Waals surface area contributed by atoms with Crippen molar-refractivity contribution in [3.63, 3.8) is 0 Å². The third kappa shape index (κ3) is 61.3. The molecule has 0 rings (SSSR count). The molecule has 75 heavy (non-hydrogen) atoms. The van der Waals surface area contributed by atoms with Crippen molar-refractivity contribution in [1.82, 2.24) is 0 Å². The van der Waals surface area contributed by atoms with Crippen LogP contribution in [0.4, 0.5) is 0 Å². The zero-order valence-corrected chi connectivity index (χ0v) is 49.6. The number of allylic oxidation sites excluding steroid dienone is 14. The maximum atomic E-state index is 12.9. The number of carbonyl (C=O) groups excluding carboxylic acids is 3. The summed E-state index contributed by atoms with van der Waals surface area (Å²) >= 11 is 0. The summed E-state index contributed by atoms with van der Waals surface area (Å²) in [6.07, 6.45) is 83.0. The summed E-state index contributed by atoms with van der Waals surface area (Å²) in [4.78, 5) is 38.3. The van der Waals surface area contributed by atoms with Gasteiger partial charge in [-0.2, -0.15) is 0 Å². The van der Waals surface area contributed by atoms with Gasteiger partial charge < -0.3 is 14.2 Å². The van der Waals surface area contributed by atoms with Crippen molar-refractivity contribution in [2.45, 2.75) is 322 Å². The van der Waals surface area contributed by atoms with Gasteiger partial charge in [-0.15, -0.1) is 0 Å². The van der Waals surface area contributed by atoms with E-state index in [4.69, 9.17) is 14.2 Å². The highest BCUT2D eigenvalue weighted by atomic mass is 16.6. The van der Waals surface area contributed by atoms with Crippen LogP contribution in [0.1, 0.15) is 316 Å². The van der Waals surface area contributed by atoms with Crippen LogP contribution in [-0.2, 0) is 28.6 Å². The maximum Gasteiger partial charge on any atom is 0.306 e. The summed E-state index contributed by atoms with van der Waals surface area (Å²) in [5.74, 6) is -0.949. The minimum absolute atomic E-state index is 0.0987. The first-order valence-electron chi connectivity index (χ1n) is 32.1. The summed E-state index contributed by atoms with van der Waals surface area (Å²) in [5, 5.41) is 0. The van der Waals surface area contributed by atoms with Gasteiger partial charge in [0.05, 0.1) is 0 Å². The summed E-state index contributed by atoms with van der Waals surface area (Å²) in [7, 11) is 0. The SMILES string of the molecule is CCCCC/C=C\C/C=C\C/C=C\C/C=C\CCCC(=O)O[C@H](COC(=O)CCCCCCCCCCC/C=C\C/C=C\CCCCC)COC(=O)CCCCCCCCCCCCC/C=C\CCCCCCCC. The molecule has 0 aliphatic rings. The van der Waals surface area contributed by atoms with Gasteiger partial charge in [0.1, 0.15) is 13.2 Å². The predicted octanol–water partition coefficient (Wildman–Crippen LogP) is 21.9. The van der Waals surface area contributed by atoms with Crippen LogP contribution < -0.4 is 0 Å². The van der Waals surface area contributed by atoms with E-state index in [9.17, 15) is 14.4 Å². The van der Waals surface area contributed by atoms with E-state index < -0.39 is 6.10 Å². The molecule has 1 atom stereocenters. The van der Waals surface area contributed by atoms with E-state index in [1.165, 1.54) is 199 Å². The molecule has 0 bridgehead atoms. The molecule has 0 spiro atoms. The van der Waals surface area contributed by atoms with Crippen molar-refractivity contribution < 1.29 is 28.6 Å². The number of hydrogen-bond acceptors (Lipinski definition) is 6. The van der Waals surface area contributed by atoms with E-state index in [-0.39, 0.29) is 37.5 Å². The first-order chi connectivity index (χ1) is 37.0. The first-order valence-corrected chi connectivity index (χ1v) is 32.1. The number of ether oxygens (including phenoxy) is 3. The summed E-state index contributed by atoms with van der Waals surface area (Å²) in [6, 6.07) is 0. The summed E-state index contributed by atoms with van der Waals surface area (Å²) in [5.41, 5.74) is 0. The monoisotopic (exact) mass is 1040 g/mol. The highest BCUT2D eigenvalue weighted by Crippen LogP contribution is 2.16. The fourth-order valence-electron chi connectivity index (χ4n) is 8.99. The smallest absolute Gasteiger partial charge is 0.306 e. The Morgan fingerprint density at radius 1 is 0.267 bits per heavy atom. The van der Waals surface area contributed by atoms with Crippen molar-refractivity contribution >= 4 is 17.9 Å². The Kier molecular flexibility index (Phi) is 60.3. The molecule has 0 unspecified atom stereocenters. The second-order valence-electron chi connectivity index (χ2n) is 21.3. The van der Waals surface area contributed by atoms with E-state index in [2.05, 4.69) is 106 Å². The Bertz CT molecular complexity index is 1430. The molecular weight excluding hydrogens is 925 g/mol. The standard InChI is InChI=1S/C69H120O6/c1-4-7-10-13-16-19-22-25-28-31-33-34-36-39-41-44-47-50-53-56-59-62-68(71)74-65-66(75-69(72)63-60-57-54-51-48-45-42-37-30-27-24-21-18-15-12-9-6-3)64-73-67(70)61-58-55-52-49-46-43-40-38-35-32-29-26-23-20-17-14-11-8-5-2/h17-18,20-21,25-30,42,45,51,54,66H,4-16,19,22-24,31-41,43-44,46-50,52-53,55-65H2,1-3H3/b20-17-,21-18-,28-25-,29-26-,30-27-,45-42-,54-51-/t66-/m1/s1. The van der Waals surface area contributed by atoms with Gasteiger partial charge in [0, 0.05) is 19.3 Å². The van der Waals surface area contributed by atoms with Gasteiger partial charge in [-0.25, -0.2) is 0 Å². The Balaban J connectivity index is 4.43. The van der Waals surface area contributed by atoms with Crippen molar-refractivity contribution in [2.75, 3.05) is 13.2 Å². The van der Waals surface area contributed by atoms with Crippen LogP contribution in [-0.4, -0.2) is 37.2 Å². The van der Waals surface area contributed by atoms with Crippen LogP contribution in [0.15, 0.2) is 85.1 Å². The quantitative estimate of drug-likeness (QED) is 0.0261. The lowest BCUT2D eigenvalue weighted by molar-refractivity contribution is -0.167. The Hall–Kier alpha value is -3.41. The number of esters is 3. The lowest BCUT2D eigenvalue weighted by atomic mass is 10.0. The lowest BCUT2D eigenvalue weighted by Crippen LogP contribution is -2.30. The third-order valence-electron chi connectivity index (χ3n) is 13.8. The molecular formula is C69H120O6. The van der Waals surface area contributed by atoms with E-state index in [0.717, 1.165) is 70.6 Å². The van der Waals surface area contributed by atoms with Crippen LogP contribution in [0, 0.1) is 0 Å². The average molecular weight is 1050 g/mol. The van der Waals surface area contributed by atoms with Crippen LogP contribution in [0.5, 0.6) is 0 Å². The first kappa shape index (κ1) is 71.6. The van der Waals surface area contributed by atoms with Crippen molar-refractivity contribution in [3.8, 4) is 0 Å². The molecule has 0 aliphatic heterocycles. The van der Waals surface area contributed by atoms with E-state index in [1.807, 2.05) is 0 Å². The normalized spacial score (nSPS) is 12.6. The zero-order chi connectivity index (χ0) is 54.3. The molecule has 0 amide bonds. The molecule has 6 nitrogen and oxygen atoms in total. The van der Waals surface area contributed by atoms with Gasteiger partial charge in [0.15, 0.2) is 6.10 Å². The molecule has 0 aromatic heterocycles. The van der Waals surface area contributed by atoms with Crippen molar-refractivity contribution in [3.05, 3.63) is 85.1 Å². The number of hydrogen-bond donors (Lipinski definition) is 0. The molecule has 0 aromatic carbocycles. The lowest BCUT2D eigenvalue weighted by Gasteiger charge is -2.18. The van der Waals surface area contributed by atoms with E-state index in [1.54, 1.807) is 0 Å². The maximum absolute atomic E-state index is 12.9. The third-order valence-corrected chi connectivity index (χ3v) is 13.8. The van der Waals surface area contributed by atoms with Gasteiger partial charge in [-0.1, -0.05) is 266 Å². The second kappa shape index (κ2) is 63.1. The average Bonchev–Trinajstić information content (AvgIpc) is 3.41. The van der Waals surface area contributed by atoms with Crippen LogP contribution in [0.2, 0.25) is 0 Å².